The molecule has 0 spiro atoms. The minimum atomic E-state index is 0.0849. The maximum atomic E-state index is 12.7. The molecule has 1 fully saturated rings. The zero-order valence-electron chi connectivity index (χ0n) is 17.3. The van der Waals surface area contributed by atoms with Crippen molar-refractivity contribution in [3.8, 4) is 11.5 Å². The third-order valence-electron chi connectivity index (χ3n) is 5.27. The zero-order valence-corrected chi connectivity index (χ0v) is 17.3. The highest BCUT2D eigenvalue weighted by Crippen LogP contribution is 2.27. The van der Waals surface area contributed by atoms with Gasteiger partial charge in [-0.25, -0.2) is 0 Å². The summed E-state index contributed by atoms with van der Waals surface area (Å²) < 4.78 is 10.5. The molecule has 0 aliphatic carbocycles. The molecule has 6 nitrogen and oxygen atoms in total. The summed E-state index contributed by atoms with van der Waals surface area (Å²) in [6, 6.07) is 13.2. The number of carbonyl (C=O) groups excluding carboxylic acids is 2. The molecular formula is C23H28N2O4. The second-order valence-corrected chi connectivity index (χ2v) is 7.31. The lowest BCUT2D eigenvalue weighted by atomic mass is 10.1. The molecule has 2 aromatic carbocycles. The number of hydrogen-bond acceptors (Lipinski definition) is 5. The Morgan fingerprint density at radius 2 is 1.55 bits per heavy atom. The van der Waals surface area contributed by atoms with Crippen LogP contribution in [0.25, 0.3) is 0 Å². The van der Waals surface area contributed by atoms with Crippen LogP contribution in [-0.2, 0) is 11.2 Å². The summed E-state index contributed by atoms with van der Waals surface area (Å²) in [5.41, 5.74) is 2.77. The molecule has 2 aromatic rings. The van der Waals surface area contributed by atoms with Gasteiger partial charge < -0.3 is 14.4 Å². The molecule has 0 aromatic heterocycles. The first kappa shape index (κ1) is 20.9. The van der Waals surface area contributed by atoms with E-state index >= 15 is 0 Å². The van der Waals surface area contributed by atoms with Crippen LogP contribution >= 0.6 is 0 Å². The van der Waals surface area contributed by atoms with Gasteiger partial charge in [0.25, 0.3) is 0 Å². The minimum absolute atomic E-state index is 0.0849. The number of carbonyl (C=O) groups is 2. The number of piperazine rings is 1. The van der Waals surface area contributed by atoms with Gasteiger partial charge in [0.05, 0.1) is 27.2 Å². The van der Waals surface area contributed by atoms with Crippen LogP contribution in [0.2, 0.25) is 0 Å². The molecule has 29 heavy (non-hydrogen) atoms. The van der Waals surface area contributed by atoms with E-state index in [0.717, 1.165) is 16.7 Å². The standard InChI is InChI=1S/C23H28N2O4/c1-17-4-7-19(8-5-17)20(26)16-24-10-12-25(13-11-24)23(27)15-18-6-9-21(28-2)22(14-18)29-3/h4-9,14H,10-13,15-16H2,1-3H3. The minimum Gasteiger partial charge on any atom is -0.493 e. The van der Waals surface area contributed by atoms with Crippen molar-refractivity contribution >= 4 is 11.7 Å². The van der Waals surface area contributed by atoms with Crippen LogP contribution in [0.4, 0.5) is 0 Å². The predicted molar refractivity (Wildman–Crippen MR) is 112 cm³/mol. The van der Waals surface area contributed by atoms with Crippen molar-refractivity contribution in [1.82, 2.24) is 9.80 Å². The highest BCUT2D eigenvalue weighted by Gasteiger charge is 2.23. The van der Waals surface area contributed by atoms with Crippen molar-refractivity contribution in [2.24, 2.45) is 0 Å². The molecule has 0 radical (unpaired) electrons. The van der Waals surface area contributed by atoms with E-state index in [2.05, 4.69) is 4.90 Å². The fourth-order valence-corrected chi connectivity index (χ4v) is 3.47. The molecule has 1 aliphatic rings. The van der Waals surface area contributed by atoms with E-state index in [9.17, 15) is 9.59 Å². The number of rotatable bonds is 7. The first-order chi connectivity index (χ1) is 14.0. The fourth-order valence-electron chi connectivity index (χ4n) is 3.47. The van der Waals surface area contributed by atoms with E-state index in [0.29, 0.717) is 50.6 Å². The Balaban J connectivity index is 1.50. The van der Waals surface area contributed by atoms with Gasteiger partial charge in [-0.05, 0) is 24.6 Å². The Bertz CT molecular complexity index is 856. The number of Topliss-reactive ketones (excluding diaryl/α,β-unsaturated/α-hetero) is 1. The number of benzene rings is 2. The summed E-state index contributed by atoms with van der Waals surface area (Å²) in [6.07, 6.45) is 0.322. The molecule has 0 atom stereocenters. The summed E-state index contributed by atoms with van der Waals surface area (Å²) in [5.74, 6) is 1.48. The Labute approximate surface area is 172 Å². The van der Waals surface area contributed by atoms with E-state index in [4.69, 9.17) is 9.47 Å². The van der Waals surface area contributed by atoms with Crippen LogP contribution in [0.15, 0.2) is 42.5 Å². The topological polar surface area (TPSA) is 59.1 Å². The van der Waals surface area contributed by atoms with Gasteiger partial charge in [-0.15, -0.1) is 0 Å². The SMILES string of the molecule is COc1ccc(CC(=O)N2CCN(CC(=O)c3ccc(C)cc3)CC2)cc1OC. The summed E-state index contributed by atoms with van der Waals surface area (Å²) in [5, 5.41) is 0. The van der Waals surface area contributed by atoms with Gasteiger partial charge in [0.15, 0.2) is 17.3 Å². The van der Waals surface area contributed by atoms with Gasteiger partial charge in [-0.3, -0.25) is 14.5 Å². The number of methoxy groups -OCH3 is 2. The molecule has 1 saturated heterocycles. The van der Waals surface area contributed by atoms with Crippen molar-refractivity contribution in [2.45, 2.75) is 13.3 Å². The average molecular weight is 396 g/mol. The number of nitrogens with zero attached hydrogens (tertiary/aromatic N) is 2. The summed E-state index contributed by atoms with van der Waals surface area (Å²) in [7, 11) is 3.17. The quantitative estimate of drug-likeness (QED) is 0.674. The number of hydrogen-bond donors (Lipinski definition) is 0. The third kappa shape index (κ3) is 5.35. The van der Waals surface area contributed by atoms with Crippen LogP contribution in [0.5, 0.6) is 11.5 Å². The maximum Gasteiger partial charge on any atom is 0.227 e. The molecular weight excluding hydrogens is 368 g/mol. The second kappa shape index (κ2) is 9.56. The van der Waals surface area contributed by atoms with Gasteiger partial charge in [-0.1, -0.05) is 35.9 Å². The smallest absolute Gasteiger partial charge is 0.227 e. The first-order valence-electron chi connectivity index (χ1n) is 9.81. The Kier molecular flexibility index (Phi) is 6.88. The molecule has 6 heteroatoms. The molecule has 0 N–H and O–H groups in total. The molecule has 1 amide bonds. The Morgan fingerprint density at radius 1 is 0.897 bits per heavy atom. The van der Waals surface area contributed by atoms with E-state index in [1.165, 1.54) is 0 Å². The van der Waals surface area contributed by atoms with Gasteiger partial charge >= 0.3 is 0 Å². The van der Waals surface area contributed by atoms with Gasteiger partial charge in [0.2, 0.25) is 5.91 Å². The first-order valence-corrected chi connectivity index (χ1v) is 9.81. The number of aryl methyl sites for hydroxylation is 1. The molecule has 0 saturated carbocycles. The molecule has 3 rings (SSSR count). The highest BCUT2D eigenvalue weighted by atomic mass is 16.5. The summed E-state index contributed by atoms with van der Waals surface area (Å²) in [6.45, 7) is 5.07. The maximum absolute atomic E-state index is 12.7. The zero-order chi connectivity index (χ0) is 20.8. The van der Waals surface area contributed by atoms with Crippen molar-refractivity contribution in [1.29, 1.82) is 0 Å². The third-order valence-corrected chi connectivity index (χ3v) is 5.27. The highest BCUT2D eigenvalue weighted by molar-refractivity contribution is 5.97. The van der Waals surface area contributed by atoms with Crippen LogP contribution in [0.1, 0.15) is 21.5 Å². The van der Waals surface area contributed by atoms with E-state index in [-0.39, 0.29) is 11.7 Å². The largest absolute Gasteiger partial charge is 0.493 e. The van der Waals surface area contributed by atoms with Crippen molar-refractivity contribution < 1.29 is 19.1 Å². The number of ketones is 1. The van der Waals surface area contributed by atoms with Crippen LogP contribution in [-0.4, -0.2) is 68.4 Å². The monoisotopic (exact) mass is 396 g/mol. The molecule has 154 valence electrons. The van der Waals surface area contributed by atoms with Crippen LogP contribution in [0, 0.1) is 6.92 Å². The lowest BCUT2D eigenvalue weighted by Gasteiger charge is -2.34. The van der Waals surface area contributed by atoms with Gasteiger partial charge in [0.1, 0.15) is 0 Å². The molecule has 0 unspecified atom stereocenters. The van der Waals surface area contributed by atoms with E-state index in [1.54, 1.807) is 14.2 Å². The Hall–Kier alpha value is -2.86. The normalized spacial score (nSPS) is 14.5. The fraction of sp³-hybridized carbons (Fsp3) is 0.391. The number of amides is 1. The van der Waals surface area contributed by atoms with Gasteiger partial charge in [0, 0.05) is 31.7 Å². The molecule has 1 aliphatic heterocycles. The predicted octanol–water partition coefficient (Wildman–Crippen LogP) is 2.58. The van der Waals surface area contributed by atoms with Crippen molar-refractivity contribution in [3.05, 3.63) is 59.2 Å². The number of ether oxygens (including phenoxy) is 2. The van der Waals surface area contributed by atoms with Crippen molar-refractivity contribution in [3.63, 3.8) is 0 Å². The lowest BCUT2D eigenvalue weighted by Crippen LogP contribution is -2.50. The summed E-state index contributed by atoms with van der Waals surface area (Å²) in [4.78, 5) is 29.1. The van der Waals surface area contributed by atoms with Crippen LogP contribution in [0.3, 0.4) is 0 Å². The van der Waals surface area contributed by atoms with E-state index in [1.807, 2.05) is 54.3 Å². The second-order valence-electron chi connectivity index (χ2n) is 7.31. The average Bonchev–Trinajstić information content (AvgIpc) is 2.74. The molecule has 1 heterocycles. The Morgan fingerprint density at radius 3 is 2.17 bits per heavy atom. The van der Waals surface area contributed by atoms with Crippen LogP contribution < -0.4 is 9.47 Å². The van der Waals surface area contributed by atoms with Crippen molar-refractivity contribution in [2.75, 3.05) is 46.9 Å². The van der Waals surface area contributed by atoms with E-state index < -0.39 is 0 Å². The lowest BCUT2D eigenvalue weighted by molar-refractivity contribution is -0.132. The summed E-state index contributed by atoms with van der Waals surface area (Å²) >= 11 is 0. The molecule has 0 bridgehead atoms. The van der Waals surface area contributed by atoms with Gasteiger partial charge in [-0.2, -0.15) is 0 Å².